The van der Waals surface area contributed by atoms with Crippen LogP contribution in [0.5, 0.6) is 5.75 Å². The van der Waals surface area contributed by atoms with Gasteiger partial charge in [0.2, 0.25) is 5.60 Å². The van der Waals surface area contributed by atoms with E-state index < -0.39 is 28.4 Å². The summed E-state index contributed by atoms with van der Waals surface area (Å²) in [7, 11) is 1.48. The highest BCUT2D eigenvalue weighted by Gasteiger charge is 2.53. The van der Waals surface area contributed by atoms with Gasteiger partial charge in [-0.25, -0.2) is 9.18 Å². The molecule has 5 rings (SSSR count). The van der Waals surface area contributed by atoms with Crippen LogP contribution in [0.15, 0.2) is 70.0 Å². The van der Waals surface area contributed by atoms with E-state index in [1.165, 1.54) is 37.4 Å². The van der Waals surface area contributed by atoms with Crippen LogP contribution >= 0.6 is 0 Å². The van der Waals surface area contributed by atoms with Gasteiger partial charge in [0.25, 0.3) is 5.91 Å². The van der Waals surface area contributed by atoms with Crippen LogP contribution in [0.3, 0.4) is 0 Å². The van der Waals surface area contributed by atoms with E-state index in [4.69, 9.17) is 14.5 Å². The van der Waals surface area contributed by atoms with Crippen molar-refractivity contribution in [3.8, 4) is 23.7 Å². The molecule has 0 radical (unpaired) electrons. The Hall–Kier alpha value is -4.99. The van der Waals surface area contributed by atoms with E-state index in [1.54, 1.807) is 37.3 Å². The van der Waals surface area contributed by atoms with E-state index in [-0.39, 0.29) is 6.42 Å². The molecule has 2 N–H and O–H groups in total. The Kier molecular flexibility index (Phi) is 6.85. The van der Waals surface area contributed by atoms with Gasteiger partial charge in [0.05, 0.1) is 29.8 Å². The van der Waals surface area contributed by atoms with Crippen molar-refractivity contribution < 1.29 is 23.6 Å². The molecule has 1 unspecified atom stereocenters. The molecule has 1 heterocycles. The van der Waals surface area contributed by atoms with Crippen LogP contribution in [-0.4, -0.2) is 28.9 Å². The zero-order valence-electron chi connectivity index (χ0n) is 21.7. The van der Waals surface area contributed by atoms with Gasteiger partial charge in [-0.15, -0.1) is 0 Å². The lowest BCUT2D eigenvalue weighted by atomic mass is 9.82. The van der Waals surface area contributed by atoms with Crippen LogP contribution < -0.4 is 15.7 Å². The third-order valence-electron chi connectivity index (χ3n) is 7.14. The molecule has 1 aliphatic carbocycles. The number of nitrogens with zero attached hydrogens (tertiary/aromatic N) is 2. The summed E-state index contributed by atoms with van der Waals surface area (Å²) in [4.78, 5) is 25.7. The number of aromatic nitrogens is 1. The second kappa shape index (κ2) is 10.3. The maximum Gasteiger partial charge on any atom is 0.366 e. The summed E-state index contributed by atoms with van der Waals surface area (Å²) in [5.74, 6) is 4.81. The van der Waals surface area contributed by atoms with Gasteiger partial charge < -0.3 is 19.7 Å². The van der Waals surface area contributed by atoms with E-state index in [2.05, 4.69) is 22.3 Å². The number of hydrogen-bond acceptors (Lipinski definition) is 7. The fourth-order valence-electron chi connectivity index (χ4n) is 4.80. The van der Waals surface area contributed by atoms with Gasteiger partial charge >= 0.3 is 5.63 Å². The van der Waals surface area contributed by atoms with Crippen LogP contribution in [0, 0.1) is 35.9 Å². The minimum absolute atomic E-state index is 0.118. The Labute approximate surface area is 229 Å². The number of nitriles is 1. The molecule has 0 spiro atoms. The van der Waals surface area contributed by atoms with Crippen molar-refractivity contribution >= 4 is 22.4 Å². The number of ether oxygens (including phenoxy) is 1. The number of aliphatic hydroxyl groups is 1. The molecule has 1 aromatic heterocycles. The molecule has 0 aliphatic heterocycles. The Morgan fingerprint density at radius 2 is 1.88 bits per heavy atom. The topological polar surface area (TPSA) is 125 Å². The molecule has 40 heavy (non-hydrogen) atoms. The molecule has 1 aliphatic rings. The minimum Gasteiger partial charge on any atom is -0.496 e. The monoisotopic (exact) mass is 537 g/mol. The van der Waals surface area contributed by atoms with Crippen molar-refractivity contribution in [2.24, 2.45) is 0 Å². The number of nitrogens with one attached hydrogen (secondary N) is 1. The molecule has 0 saturated heterocycles. The van der Waals surface area contributed by atoms with Crippen LogP contribution in [0.1, 0.15) is 41.6 Å². The number of halogens is 1. The zero-order chi connectivity index (χ0) is 28.5. The summed E-state index contributed by atoms with van der Waals surface area (Å²) in [6.07, 6.45) is 1.07. The fraction of sp³-hybridized carbons (Fsp3) is 0.226. The molecule has 8 nitrogen and oxygen atoms in total. The number of methoxy groups -OCH3 is 1. The van der Waals surface area contributed by atoms with Crippen molar-refractivity contribution in [2.75, 3.05) is 12.4 Å². The molecule has 4 aromatic rings. The molecule has 1 saturated carbocycles. The predicted octanol–water partition coefficient (Wildman–Crippen LogP) is 4.36. The lowest BCUT2D eigenvalue weighted by Crippen LogP contribution is -2.44. The summed E-state index contributed by atoms with van der Waals surface area (Å²) in [5, 5.41) is 28.1. The van der Waals surface area contributed by atoms with E-state index >= 15 is 0 Å². The van der Waals surface area contributed by atoms with Gasteiger partial charge in [-0.05, 0) is 80.4 Å². The average molecular weight is 538 g/mol. The molecule has 1 amide bonds. The number of fused-ring (bicyclic) bond motifs is 1. The summed E-state index contributed by atoms with van der Waals surface area (Å²) >= 11 is 0. The number of carbonyl (C=O) groups is 1. The summed E-state index contributed by atoms with van der Waals surface area (Å²) < 4.78 is 24.5. The first-order valence-electron chi connectivity index (χ1n) is 12.5. The van der Waals surface area contributed by atoms with Gasteiger partial charge in [-0.3, -0.25) is 4.79 Å². The second-order valence-corrected chi connectivity index (χ2v) is 9.87. The molecule has 3 aromatic carbocycles. The van der Waals surface area contributed by atoms with Crippen LogP contribution in [0.2, 0.25) is 0 Å². The molecule has 9 heteroatoms. The zero-order valence-corrected chi connectivity index (χ0v) is 21.7. The first kappa shape index (κ1) is 26.6. The number of aryl methyl sites for hydroxylation is 1. The van der Waals surface area contributed by atoms with Gasteiger partial charge in [-0.2, -0.15) is 5.26 Å². The van der Waals surface area contributed by atoms with Gasteiger partial charge in [-0.1, -0.05) is 17.0 Å². The maximum atomic E-state index is 14.3. The van der Waals surface area contributed by atoms with Gasteiger partial charge in [0, 0.05) is 34.0 Å². The Morgan fingerprint density at radius 3 is 2.55 bits per heavy atom. The van der Waals surface area contributed by atoms with E-state index in [0.29, 0.717) is 57.4 Å². The number of carbonyl (C=O) groups excluding carboxylic acids is 1. The number of rotatable bonds is 6. The SMILES string of the molecule is COc1ccc(F)cc1C1(CC(O)(C#Cc2ccc(C#N)cc2)C(=O)Nc2ccc3c(=O)onc(C)c3c2)CC1. The molecule has 1 atom stereocenters. The van der Waals surface area contributed by atoms with Crippen molar-refractivity contribution in [3.05, 3.63) is 99.3 Å². The Bertz CT molecular complexity index is 1790. The molecule has 0 bridgehead atoms. The van der Waals surface area contributed by atoms with Crippen molar-refractivity contribution in [1.82, 2.24) is 5.16 Å². The Balaban J connectivity index is 1.53. The van der Waals surface area contributed by atoms with Crippen molar-refractivity contribution in [1.29, 1.82) is 5.26 Å². The highest BCUT2D eigenvalue weighted by atomic mass is 19.1. The molecular weight excluding hydrogens is 513 g/mol. The average Bonchev–Trinajstić information content (AvgIpc) is 3.74. The number of benzene rings is 3. The quantitative estimate of drug-likeness (QED) is 0.350. The summed E-state index contributed by atoms with van der Waals surface area (Å²) in [5.41, 5.74) is -1.26. The highest BCUT2D eigenvalue weighted by Crippen LogP contribution is 2.56. The minimum atomic E-state index is -2.19. The molecular formula is C31H24FN3O5. The smallest absolute Gasteiger partial charge is 0.366 e. The highest BCUT2D eigenvalue weighted by molar-refractivity contribution is 6.01. The predicted molar refractivity (Wildman–Crippen MR) is 145 cm³/mol. The maximum absolute atomic E-state index is 14.3. The standard InChI is InChI=1S/C31H24FN3O5/c1-19-25-16-23(8-9-24(25)28(36)40-35-19)34-29(37)31(38,12-11-20-3-5-21(17-33)6-4-20)18-30(13-14-30)26-15-22(32)7-10-27(26)39-2/h3-10,15-16,38H,13-14,18H2,1-2H3,(H,34,37). The fourth-order valence-corrected chi connectivity index (χ4v) is 4.80. The third kappa shape index (κ3) is 5.15. The first-order valence-corrected chi connectivity index (χ1v) is 12.5. The lowest BCUT2D eigenvalue weighted by molar-refractivity contribution is -0.130. The van der Waals surface area contributed by atoms with Gasteiger partial charge in [0.15, 0.2) is 0 Å². The molecule has 200 valence electrons. The van der Waals surface area contributed by atoms with Crippen molar-refractivity contribution in [3.63, 3.8) is 0 Å². The van der Waals surface area contributed by atoms with Crippen LogP contribution in [-0.2, 0) is 10.2 Å². The second-order valence-electron chi connectivity index (χ2n) is 9.87. The van der Waals surface area contributed by atoms with E-state index in [1.807, 2.05) is 6.07 Å². The Morgan fingerprint density at radius 1 is 1.15 bits per heavy atom. The van der Waals surface area contributed by atoms with Crippen molar-refractivity contribution in [2.45, 2.75) is 37.2 Å². The summed E-state index contributed by atoms with van der Waals surface area (Å²) in [6.45, 7) is 1.67. The summed E-state index contributed by atoms with van der Waals surface area (Å²) in [6, 6.07) is 17.2. The normalized spacial score (nSPS) is 14.8. The number of anilines is 1. The van der Waals surface area contributed by atoms with E-state index in [0.717, 1.165) is 0 Å². The number of hydrogen-bond donors (Lipinski definition) is 2. The largest absolute Gasteiger partial charge is 0.496 e. The lowest BCUT2D eigenvalue weighted by Gasteiger charge is -2.28. The van der Waals surface area contributed by atoms with Crippen LogP contribution in [0.4, 0.5) is 10.1 Å². The third-order valence-corrected chi connectivity index (χ3v) is 7.14. The molecule has 1 fully saturated rings. The van der Waals surface area contributed by atoms with Crippen LogP contribution in [0.25, 0.3) is 10.8 Å². The van der Waals surface area contributed by atoms with Gasteiger partial charge in [0.1, 0.15) is 11.6 Å². The first-order chi connectivity index (χ1) is 19.2. The van der Waals surface area contributed by atoms with E-state index in [9.17, 15) is 19.1 Å². The number of amides is 1.